The van der Waals surface area contributed by atoms with Crippen LogP contribution in [0, 0.1) is 6.08 Å². The topological polar surface area (TPSA) is 12.9 Å². The number of alkyl halides is 3. The first kappa shape index (κ1) is 14.9. The molecule has 97 valence electrons. The largest absolute Gasteiger partial charge is 0.417 e. The molecule has 0 saturated carbocycles. The van der Waals surface area contributed by atoms with Gasteiger partial charge in [-0.3, -0.25) is 0 Å². The second kappa shape index (κ2) is 6.12. The van der Waals surface area contributed by atoms with Crippen molar-refractivity contribution in [3.8, 4) is 0 Å². The van der Waals surface area contributed by atoms with Crippen LogP contribution in [-0.4, -0.2) is 4.98 Å². The molecule has 1 nitrogen and oxygen atoms in total. The van der Waals surface area contributed by atoms with Crippen molar-refractivity contribution in [2.45, 2.75) is 12.6 Å². The summed E-state index contributed by atoms with van der Waals surface area (Å²) in [6, 6.07) is 2.41. The quantitative estimate of drug-likeness (QED) is 0.621. The Balaban J connectivity index is 0.00000162. The Hall–Kier alpha value is -1.19. The molecular formula is C13H9F3IrN-. The second-order valence-electron chi connectivity index (χ2n) is 3.54. The van der Waals surface area contributed by atoms with Crippen molar-refractivity contribution in [3.63, 3.8) is 0 Å². The van der Waals surface area contributed by atoms with Crippen LogP contribution in [0.2, 0.25) is 0 Å². The van der Waals surface area contributed by atoms with E-state index in [1.54, 1.807) is 6.08 Å². The van der Waals surface area contributed by atoms with Crippen molar-refractivity contribution >= 4 is 5.57 Å². The van der Waals surface area contributed by atoms with Gasteiger partial charge in [0.1, 0.15) is 0 Å². The van der Waals surface area contributed by atoms with E-state index in [1.807, 2.05) is 18.2 Å². The Bertz CT molecular complexity index is 484. The molecule has 0 aliphatic heterocycles. The Kier molecular flexibility index (Phi) is 5.05. The van der Waals surface area contributed by atoms with Crippen LogP contribution in [0.1, 0.15) is 17.7 Å². The number of hydrogen-bond acceptors (Lipinski definition) is 1. The van der Waals surface area contributed by atoms with Crippen molar-refractivity contribution in [2.24, 2.45) is 0 Å². The molecule has 0 unspecified atom stereocenters. The molecule has 1 radical (unpaired) electrons. The molecule has 0 bridgehead atoms. The van der Waals surface area contributed by atoms with Crippen LogP contribution in [0.15, 0.2) is 42.6 Å². The summed E-state index contributed by atoms with van der Waals surface area (Å²) in [5.41, 5.74) is 0.569. The predicted molar refractivity (Wildman–Crippen MR) is 58.8 cm³/mol. The van der Waals surface area contributed by atoms with Crippen molar-refractivity contribution in [1.29, 1.82) is 0 Å². The molecule has 1 aliphatic rings. The van der Waals surface area contributed by atoms with Crippen molar-refractivity contribution in [3.05, 3.63) is 60.0 Å². The standard InChI is InChI=1S/C13H9F3N.Ir/c14-13(15,16)11-7-8-12(17-9-11)10-5-3-1-2-4-6-10;/h1-4,7-9H,5H2;/q-1;. The molecule has 0 spiro atoms. The molecule has 1 aromatic heterocycles. The number of nitrogens with zero attached hydrogens (tertiary/aromatic N) is 1. The Morgan fingerprint density at radius 2 is 1.94 bits per heavy atom. The van der Waals surface area contributed by atoms with E-state index < -0.39 is 11.7 Å². The third-order valence-electron chi connectivity index (χ3n) is 2.32. The van der Waals surface area contributed by atoms with Crippen LogP contribution in [0.25, 0.3) is 5.57 Å². The van der Waals surface area contributed by atoms with E-state index in [0.717, 1.165) is 17.8 Å². The number of halogens is 3. The van der Waals surface area contributed by atoms with E-state index in [4.69, 9.17) is 0 Å². The normalized spacial score (nSPS) is 14.7. The fourth-order valence-electron chi connectivity index (χ4n) is 1.45. The minimum atomic E-state index is -4.34. The van der Waals surface area contributed by atoms with E-state index in [0.29, 0.717) is 12.1 Å². The van der Waals surface area contributed by atoms with E-state index >= 15 is 0 Å². The first-order chi connectivity index (χ1) is 8.07. The first-order valence-corrected chi connectivity index (χ1v) is 5.05. The van der Waals surface area contributed by atoms with Gasteiger partial charge in [-0.25, -0.2) is 0 Å². The average molecular weight is 428 g/mol. The zero-order chi connectivity index (χ0) is 12.3. The van der Waals surface area contributed by atoms with Gasteiger partial charge in [0.05, 0.1) is 5.56 Å². The monoisotopic (exact) mass is 429 g/mol. The third-order valence-corrected chi connectivity index (χ3v) is 2.32. The van der Waals surface area contributed by atoms with Crippen molar-refractivity contribution < 1.29 is 33.3 Å². The molecule has 0 N–H and O–H groups in total. The molecular weight excluding hydrogens is 419 g/mol. The summed E-state index contributed by atoms with van der Waals surface area (Å²) < 4.78 is 37.0. The third kappa shape index (κ3) is 3.65. The van der Waals surface area contributed by atoms with Crippen LogP contribution < -0.4 is 0 Å². The molecule has 2 rings (SSSR count). The average Bonchev–Trinajstić information content (AvgIpc) is 2.56. The molecule has 5 heteroatoms. The zero-order valence-electron chi connectivity index (χ0n) is 9.16. The summed E-state index contributed by atoms with van der Waals surface area (Å²) in [5.74, 6) is 0. The smallest absolute Gasteiger partial charge is 0.319 e. The van der Waals surface area contributed by atoms with Gasteiger partial charge in [-0.1, -0.05) is 18.2 Å². The van der Waals surface area contributed by atoms with Crippen LogP contribution in [-0.2, 0) is 26.3 Å². The van der Waals surface area contributed by atoms with Gasteiger partial charge >= 0.3 is 6.18 Å². The van der Waals surface area contributed by atoms with Gasteiger partial charge in [-0.2, -0.15) is 31.4 Å². The Morgan fingerprint density at radius 3 is 2.56 bits per heavy atom. The summed E-state index contributed by atoms with van der Waals surface area (Å²) in [6.07, 6.45) is 7.42. The minimum Gasteiger partial charge on any atom is -0.319 e. The Morgan fingerprint density at radius 1 is 1.17 bits per heavy atom. The van der Waals surface area contributed by atoms with E-state index in [9.17, 15) is 13.2 Å². The van der Waals surface area contributed by atoms with Crippen LogP contribution in [0.4, 0.5) is 13.2 Å². The van der Waals surface area contributed by atoms with Crippen LogP contribution >= 0.6 is 0 Å². The fourth-order valence-corrected chi connectivity index (χ4v) is 1.45. The minimum absolute atomic E-state index is 0. The Labute approximate surface area is 116 Å². The summed E-state index contributed by atoms with van der Waals surface area (Å²) in [4.78, 5) is 3.82. The van der Waals surface area contributed by atoms with Crippen molar-refractivity contribution in [1.82, 2.24) is 4.98 Å². The number of rotatable bonds is 1. The maximum absolute atomic E-state index is 12.3. The number of allylic oxidation sites excluding steroid dienone is 6. The molecule has 0 amide bonds. The van der Waals surface area contributed by atoms with Crippen LogP contribution in [0.5, 0.6) is 0 Å². The van der Waals surface area contributed by atoms with E-state index in [1.165, 1.54) is 6.07 Å². The molecule has 0 fully saturated rings. The number of hydrogen-bond donors (Lipinski definition) is 0. The number of pyridine rings is 1. The molecule has 0 aromatic carbocycles. The van der Waals surface area contributed by atoms with Gasteiger partial charge in [-0.05, 0) is 12.1 Å². The number of aromatic nitrogens is 1. The summed E-state index contributed by atoms with van der Waals surface area (Å²) >= 11 is 0. The van der Waals surface area contributed by atoms with Gasteiger partial charge in [0.2, 0.25) is 0 Å². The second-order valence-corrected chi connectivity index (χ2v) is 3.54. The van der Waals surface area contributed by atoms with Gasteiger partial charge < -0.3 is 4.98 Å². The summed E-state index contributed by atoms with van der Waals surface area (Å²) in [5, 5.41) is 0. The molecule has 1 heterocycles. The molecule has 18 heavy (non-hydrogen) atoms. The summed E-state index contributed by atoms with van der Waals surface area (Å²) in [7, 11) is 0. The van der Waals surface area contributed by atoms with E-state index in [-0.39, 0.29) is 20.1 Å². The first-order valence-electron chi connectivity index (χ1n) is 5.05. The van der Waals surface area contributed by atoms with Gasteiger partial charge in [0, 0.05) is 26.3 Å². The molecule has 0 saturated heterocycles. The van der Waals surface area contributed by atoms with Gasteiger partial charge in [0.25, 0.3) is 0 Å². The van der Waals surface area contributed by atoms with E-state index in [2.05, 4.69) is 11.1 Å². The zero-order valence-corrected chi connectivity index (χ0v) is 11.6. The van der Waals surface area contributed by atoms with Crippen LogP contribution in [0.3, 0.4) is 0 Å². The van der Waals surface area contributed by atoms with Crippen molar-refractivity contribution in [2.75, 3.05) is 0 Å². The maximum Gasteiger partial charge on any atom is 0.417 e. The summed E-state index contributed by atoms with van der Waals surface area (Å²) in [6.45, 7) is 0. The molecule has 0 atom stereocenters. The van der Waals surface area contributed by atoms with Gasteiger partial charge in [-0.15, -0.1) is 11.6 Å². The molecule has 1 aromatic rings. The maximum atomic E-state index is 12.3. The predicted octanol–water partition coefficient (Wildman–Crippen LogP) is 3.80. The SMILES string of the molecule is FC(F)(F)c1ccc(C2=[C-]C=CC=CC2)nc1.[Ir]. The fraction of sp³-hybridized carbons (Fsp3) is 0.154. The molecule has 1 aliphatic carbocycles. The van der Waals surface area contributed by atoms with Gasteiger partial charge in [0.15, 0.2) is 0 Å².